The van der Waals surface area contributed by atoms with Gasteiger partial charge in [0, 0.05) is 10.6 Å². The fourth-order valence-electron chi connectivity index (χ4n) is 3.70. The van der Waals surface area contributed by atoms with Crippen molar-refractivity contribution in [1.82, 2.24) is 4.98 Å². The molecule has 1 heterocycles. The number of carboxylic acid groups (broad SMARTS) is 1. The van der Waals surface area contributed by atoms with Gasteiger partial charge in [0.05, 0.1) is 5.69 Å². The molecule has 0 radical (unpaired) electrons. The molecule has 0 saturated carbocycles. The highest BCUT2D eigenvalue weighted by molar-refractivity contribution is 6.30. The molecule has 158 valence electrons. The number of nitrogens with zero attached hydrogens (tertiary/aromatic N) is 1. The molecule has 1 aliphatic carbocycles. The quantitative estimate of drug-likeness (QED) is 0.481. The van der Waals surface area contributed by atoms with Crippen molar-refractivity contribution in [1.29, 1.82) is 0 Å². The second-order valence-corrected chi connectivity index (χ2v) is 7.64. The van der Waals surface area contributed by atoms with Crippen LogP contribution in [0.15, 0.2) is 54.6 Å². The molecule has 3 aromatic rings. The first kappa shape index (κ1) is 21.0. The smallest absolute Gasteiger partial charge is 0.354 e. The summed E-state index contributed by atoms with van der Waals surface area (Å²) in [5.41, 5.74) is 3.80. The lowest BCUT2D eigenvalue weighted by molar-refractivity contribution is 0.0690. The Balaban J connectivity index is 1.70. The van der Waals surface area contributed by atoms with E-state index in [4.69, 9.17) is 16.3 Å². The Morgan fingerprint density at radius 1 is 1.03 bits per heavy atom. The molecule has 0 fully saturated rings. The number of carbonyl (C=O) groups is 1. The van der Waals surface area contributed by atoms with Gasteiger partial charge in [-0.05, 0) is 78.4 Å². The van der Waals surface area contributed by atoms with Crippen LogP contribution in [0.25, 0.3) is 11.1 Å². The fourth-order valence-corrected chi connectivity index (χ4v) is 3.87. The van der Waals surface area contributed by atoms with Gasteiger partial charge in [-0.25, -0.2) is 18.6 Å². The summed E-state index contributed by atoms with van der Waals surface area (Å²) in [4.78, 5) is 15.6. The summed E-state index contributed by atoms with van der Waals surface area (Å²) in [5.74, 6) is -2.37. The van der Waals surface area contributed by atoms with Crippen molar-refractivity contribution >= 4 is 28.7 Å². The molecule has 0 unspecified atom stereocenters. The number of allylic oxidation sites excluding steroid dienone is 2. The zero-order valence-electron chi connectivity index (χ0n) is 16.4. The fraction of sp³-hybridized carbons (Fsp3) is 0.167. The maximum absolute atomic E-state index is 13.5. The van der Waals surface area contributed by atoms with Gasteiger partial charge in [0.2, 0.25) is 0 Å². The van der Waals surface area contributed by atoms with Crippen molar-refractivity contribution in [2.45, 2.75) is 25.9 Å². The van der Waals surface area contributed by atoms with Crippen LogP contribution in [0.3, 0.4) is 0 Å². The van der Waals surface area contributed by atoms with E-state index in [0.717, 1.165) is 48.1 Å². The molecule has 31 heavy (non-hydrogen) atoms. The van der Waals surface area contributed by atoms with Gasteiger partial charge in [-0.2, -0.15) is 0 Å². The molecule has 0 saturated heterocycles. The predicted octanol–water partition coefficient (Wildman–Crippen LogP) is 6.39. The number of pyridine rings is 1. The van der Waals surface area contributed by atoms with Crippen molar-refractivity contribution in [2.24, 2.45) is 0 Å². The highest BCUT2D eigenvalue weighted by atomic mass is 35.5. The number of aromatic carboxylic acids is 1. The second-order valence-electron chi connectivity index (χ2n) is 7.20. The van der Waals surface area contributed by atoms with Crippen LogP contribution in [0.5, 0.6) is 5.75 Å². The molecule has 0 spiro atoms. The van der Waals surface area contributed by atoms with E-state index in [9.17, 15) is 18.7 Å². The average Bonchev–Trinajstić information content (AvgIpc) is 3.25. The highest BCUT2D eigenvalue weighted by Crippen LogP contribution is 2.43. The van der Waals surface area contributed by atoms with Gasteiger partial charge in [-0.15, -0.1) is 0 Å². The van der Waals surface area contributed by atoms with Gasteiger partial charge >= 0.3 is 5.97 Å². The monoisotopic (exact) mass is 441 g/mol. The Morgan fingerprint density at radius 2 is 1.84 bits per heavy atom. The molecule has 1 aromatic heterocycles. The summed E-state index contributed by atoms with van der Waals surface area (Å²) in [6.45, 7) is 0.0567. The Kier molecular flexibility index (Phi) is 6.00. The summed E-state index contributed by atoms with van der Waals surface area (Å²) in [5, 5.41) is 9.79. The van der Waals surface area contributed by atoms with E-state index in [1.807, 2.05) is 0 Å². The maximum atomic E-state index is 13.5. The SMILES string of the molecule is O=C(O)c1cccc(C2=C(c3cc(Cl)ccc3OCc3ccc(F)c(F)c3)CCC2)n1. The Labute approximate surface area is 182 Å². The Morgan fingerprint density at radius 3 is 2.61 bits per heavy atom. The highest BCUT2D eigenvalue weighted by Gasteiger charge is 2.22. The molecule has 4 nitrogen and oxygen atoms in total. The predicted molar refractivity (Wildman–Crippen MR) is 114 cm³/mol. The minimum absolute atomic E-state index is 0.0165. The first-order valence-corrected chi connectivity index (χ1v) is 10.1. The minimum atomic E-state index is -1.08. The number of benzene rings is 2. The van der Waals surface area contributed by atoms with E-state index >= 15 is 0 Å². The van der Waals surface area contributed by atoms with Crippen LogP contribution in [-0.2, 0) is 6.61 Å². The van der Waals surface area contributed by atoms with Crippen LogP contribution in [0, 0.1) is 11.6 Å². The van der Waals surface area contributed by atoms with Gasteiger partial charge in [0.15, 0.2) is 11.6 Å². The molecule has 0 aliphatic heterocycles. The van der Waals surface area contributed by atoms with E-state index in [2.05, 4.69) is 4.98 Å². The molecular weight excluding hydrogens is 424 g/mol. The van der Waals surface area contributed by atoms with Crippen molar-refractivity contribution in [3.63, 3.8) is 0 Å². The third-order valence-corrected chi connectivity index (χ3v) is 5.38. The van der Waals surface area contributed by atoms with E-state index in [0.29, 0.717) is 22.0 Å². The lowest BCUT2D eigenvalue weighted by Crippen LogP contribution is -2.03. The van der Waals surface area contributed by atoms with Crippen molar-refractivity contribution in [3.8, 4) is 5.75 Å². The number of aromatic nitrogens is 1. The van der Waals surface area contributed by atoms with E-state index in [-0.39, 0.29) is 12.3 Å². The van der Waals surface area contributed by atoms with E-state index in [1.54, 1.807) is 30.3 Å². The largest absolute Gasteiger partial charge is 0.488 e. The molecule has 7 heteroatoms. The van der Waals surface area contributed by atoms with Crippen LogP contribution >= 0.6 is 11.6 Å². The number of hydrogen-bond acceptors (Lipinski definition) is 3. The third kappa shape index (κ3) is 4.59. The third-order valence-electron chi connectivity index (χ3n) is 5.14. The molecule has 0 atom stereocenters. The molecule has 1 N–H and O–H groups in total. The topological polar surface area (TPSA) is 59.4 Å². The zero-order valence-corrected chi connectivity index (χ0v) is 17.1. The Bertz CT molecular complexity index is 1190. The summed E-state index contributed by atoms with van der Waals surface area (Å²) in [7, 11) is 0. The van der Waals surface area contributed by atoms with Crippen molar-refractivity contribution in [2.75, 3.05) is 0 Å². The summed E-state index contributed by atoms with van der Waals surface area (Å²) >= 11 is 6.25. The lowest BCUT2D eigenvalue weighted by atomic mass is 9.99. The lowest BCUT2D eigenvalue weighted by Gasteiger charge is -2.15. The average molecular weight is 442 g/mol. The van der Waals surface area contributed by atoms with E-state index in [1.165, 1.54) is 12.1 Å². The first-order chi connectivity index (χ1) is 14.9. The second kappa shape index (κ2) is 8.86. The van der Waals surface area contributed by atoms with Crippen molar-refractivity contribution in [3.05, 3.63) is 93.8 Å². The maximum Gasteiger partial charge on any atom is 0.354 e. The van der Waals surface area contributed by atoms with Crippen LogP contribution < -0.4 is 4.74 Å². The van der Waals surface area contributed by atoms with Crippen LogP contribution in [-0.4, -0.2) is 16.1 Å². The number of carboxylic acids is 1. The standard InChI is InChI=1S/C24H18ClF2NO3/c25-15-8-10-23(31-13-14-7-9-19(26)20(27)11-14)18(12-15)16-3-1-4-17(16)21-5-2-6-22(28-21)24(29)30/h2,5-12H,1,3-4,13H2,(H,29,30). The molecular formula is C24H18ClF2NO3. The minimum Gasteiger partial charge on any atom is -0.488 e. The van der Waals surface area contributed by atoms with Crippen molar-refractivity contribution < 1.29 is 23.4 Å². The normalized spacial score (nSPS) is 13.5. The van der Waals surface area contributed by atoms with Crippen LogP contribution in [0.4, 0.5) is 8.78 Å². The van der Waals surface area contributed by atoms with Crippen LogP contribution in [0.1, 0.15) is 46.6 Å². The zero-order chi connectivity index (χ0) is 22.0. The number of rotatable bonds is 6. The Hall–Kier alpha value is -3.25. The molecule has 0 bridgehead atoms. The van der Waals surface area contributed by atoms with Crippen LogP contribution in [0.2, 0.25) is 5.02 Å². The van der Waals surface area contributed by atoms with Gasteiger partial charge in [0.25, 0.3) is 0 Å². The van der Waals surface area contributed by atoms with Gasteiger partial charge in [-0.3, -0.25) is 0 Å². The summed E-state index contributed by atoms with van der Waals surface area (Å²) in [6.07, 6.45) is 2.40. The van der Waals surface area contributed by atoms with Gasteiger partial charge in [0.1, 0.15) is 18.1 Å². The molecule has 4 rings (SSSR count). The number of ether oxygens (including phenoxy) is 1. The van der Waals surface area contributed by atoms with E-state index < -0.39 is 17.6 Å². The van der Waals surface area contributed by atoms with Gasteiger partial charge in [-0.1, -0.05) is 23.7 Å². The summed E-state index contributed by atoms with van der Waals surface area (Å²) in [6, 6.07) is 13.8. The first-order valence-electron chi connectivity index (χ1n) is 9.72. The van der Waals surface area contributed by atoms with Gasteiger partial charge < -0.3 is 9.84 Å². The number of hydrogen-bond donors (Lipinski definition) is 1. The molecule has 2 aromatic carbocycles. The summed E-state index contributed by atoms with van der Waals surface area (Å²) < 4.78 is 32.6. The molecule has 1 aliphatic rings. The molecule has 0 amide bonds. The number of halogens is 3.